The van der Waals surface area contributed by atoms with E-state index in [2.05, 4.69) is 5.32 Å². The summed E-state index contributed by atoms with van der Waals surface area (Å²) in [6.45, 7) is 8.76. The molecule has 0 saturated carbocycles. The van der Waals surface area contributed by atoms with Crippen molar-refractivity contribution in [1.82, 2.24) is 5.32 Å². The molecule has 3 aromatic rings. The zero-order valence-corrected chi connectivity index (χ0v) is 26.8. The topological polar surface area (TPSA) is 93.7 Å². The van der Waals surface area contributed by atoms with Gasteiger partial charge in [-0.2, -0.15) is 0 Å². The van der Waals surface area contributed by atoms with E-state index in [0.717, 1.165) is 16.7 Å². The van der Waals surface area contributed by atoms with E-state index in [1.807, 2.05) is 105 Å². The summed E-state index contributed by atoms with van der Waals surface area (Å²) in [6.07, 6.45) is -2.24. The van der Waals surface area contributed by atoms with Gasteiger partial charge < -0.3 is 32.7 Å². The summed E-state index contributed by atoms with van der Waals surface area (Å²) in [6, 6.07) is 29.6. The standard InChI is InChI=1S/C34H44NO8P/c1-5-39-44(36,40-6-2)32(35-22-26-16-10-7-11-17-26)30-29(38-24-28-20-14-9-15-21-28)31-34(41-30,43-33(3,4)42-31)25-37-23-27-18-12-8-13-19-27/h7-21,29-32,35H,5-6,22-25H2,1-4H3/t29-,30-,31+,32-,34+/m1/s1. The van der Waals surface area contributed by atoms with Crippen LogP contribution in [0.5, 0.6) is 0 Å². The molecule has 44 heavy (non-hydrogen) atoms. The van der Waals surface area contributed by atoms with E-state index >= 15 is 0 Å². The lowest BCUT2D eigenvalue weighted by Gasteiger charge is -2.35. The monoisotopic (exact) mass is 625 g/mol. The first-order chi connectivity index (χ1) is 21.3. The van der Waals surface area contributed by atoms with Crippen LogP contribution in [0.25, 0.3) is 0 Å². The molecule has 10 heteroatoms. The lowest BCUT2D eigenvalue weighted by molar-refractivity contribution is -0.280. The van der Waals surface area contributed by atoms with Gasteiger partial charge in [-0.15, -0.1) is 0 Å². The number of benzene rings is 3. The molecule has 5 atom stereocenters. The van der Waals surface area contributed by atoms with Gasteiger partial charge in [0.15, 0.2) is 5.79 Å². The molecule has 1 N–H and O–H groups in total. The smallest absolute Gasteiger partial charge is 0.350 e. The van der Waals surface area contributed by atoms with Crippen LogP contribution in [0.2, 0.25) is 0 Å². The van der Waals surface area contributed by atoms with Crippen LogP contribution in [0.1, 0.15) is 44.4 Å². The third kappa shape index (κ3) is 7.85. The maximum atomic E-state index is 14.5. The van der Waals surface area contributed by atoms with Crippen LogP contribution in [-0.4, -0.2) is 55.5 Å². The minimum atomic E-state index is -3.79. The van der Waals surface area contributed by atoms with Gasteiger partial charge in [-0.1, -0.05) is 91.0 Å². The molecule has 2 saturated heterocycles. The van der Waals surface area contributed by atoms with E-state index in [4.69, 9.17) is 32.7 Å². The Kier molecular flexibility index (Phi) is 11.1. The molecule has 0 aliphatic carbocycles. The summed E-state index contributed by atoms with van der Waals surface area (Å²) < 4.78 is 59.0. The Labute approximate surface area is 260 Å². The minimum absolute atomic E-state index is 0.0661. The zero-order valence-electron chi connectivity index (χ0n) is 25.9. The second-order valence-corrected chi connectivity index (χ2v) is 13.5. The summed E-state index contributed by atoms with van der Waals surface area (Å²) in [4.78, 5) is 0. The van der Waals surface area contributed by atoms with Crippen molar-refractivity contribution in [1.29, 1.82) is 0 Å². The second-order valence-electron chi connectivity index (χ2n) is 11.4. The van der Waals surface area contributed by atoms with Crippen LogP contribution < -0.4 is 5.32 Å². The maximum absolute atomic E-state index is 14.5. The van der Waals surface area contributed by atoms with Crippen LogP contribution >= 0.6 is 7.60 Å². The zero-order chi connectivity index (χ0) is 31.0. The summed E-state index contributed by atoms with van der Waals surface area (Å²) in [5, 5.41) is 3.46. The first kappa shape index (κ1) is 32.9. The first-order valence-corrected chi connectivity index (χ1v) is 16.9. The molecule has 0 unspecified atom stereocenters. The van der Waals surface area contributed by atoms with Crippen molar-refractivity contribution in [3.05, 3.63) is 108 Å². The highest BCUT2D eigenvalue weighted by Crippen LogP contribution is 2.58. The number of nitrogens with one attached hydrogen (secondary N) is 1. The molecular formula is C34H44NO8P. The highest BCUT2D eigenvalue weighted by Gasteiger charge is 2.68. The predicted molar refractivity (Wildman–Crippen MR) is 167 cm³/mol. The van der Waals surface area contributed by atoms with Gasteiger partial charge >= 0.3 is 7.60 Å². The quantitative estimate of drug-likeness (QED) is 0.181. The van der Waals surface area contributed by atoms with Crippen LogP contribution in [0.15, 0.2) is 91.0 Å². The van der Waals surface area contributed by atoms with Crippen molar-refractivity contribution >= 4 is 7.60 Å². The fourth-order valence-corrected chi connectivity index (χ4v) is 7.80. The van der Waals surface area contributed by atoms with Gasteiger partial charge in [0, 0.05) is 6.54 Å². The molecule has 5 rings (SSSR count). The molecule has 0 bridgehead atoms. The normalized spacial score (nSPS) is 25.1. The Morgan fingerprint density at radius 2 is 1.34 bits per heavy atom. The predicted octanol–water partition coefficient (Wildman–Crippen LogP) is 6.42. The highest BCUT2D eigenvalue weighted by molar-refractivity contribution is 7.54. The van der Waals surface area contributed by atoms with E-state index in [1.54, 1.807) is 13.8 Å². The first-order valence-electron chi connectivity index (χ1n) is 15.3. The van der Waals surface area contributed by atoms with Gasteiger partial charge in [-0.3, -0.25) is 9.88 Å². The van der Waals surface area contributed by atoms with E-state index in [-0.39, 0.29) is 26.4 Å². The van der Waals surface area contributed by atoms with Crippen molar-refractivity contribution < 1.29 is 37.3 Å². The lowest BCUT2D eigenvalue weighted by Crippen LogP contribution is -2.49. The Morgan fingerprint density at radius 1 is 0.795 bits per heavy atom. The van der Waals surface area contributed by atoms with Gasteiger partial charge in [-0.25, -0.2) is 0 Å². The van der Waals surface area contributed by atoms with Crippen molar-refractivity contribution in [2.24, 2.45) is 0 Å². The summed E-state index contributed by atoms with van der Waals surface area (Å²) in [5.74, 6) is -3.22. The number of hydrogen-bond acceptors (Lipinski definition) is 9. The SMILES string of the molecule is CCOP(=O)(OCC)[C@@H](NCc1ccccc1)[C@@H]1O[C@@]2(COCc3ccccc3)OC(C)(C)O[C@H]2[C@@H]1OCc1ccccc1. The molecule has 2 aliphatic heterocycles. The number of rotatable bonds is 16. The van der Waals surface area contributed by atoms with Crippen molar-refractivity contribution in [3.8, 4) is 0 Å². The number of ether oxygens (including phenoxy) is 5. The van der Waals surface area contributed by atoms with Gasteiger partial charge in [0.2, 0.25) is 5.79 Å². The van der Waals surface area contributed by atoms with E-state index in [9.17, 15) is 4.57 Å². The van der Waals surface area contributed by atoms with Crippen molar-refractivity contribution in [2.45, 2.75) is 83.1 Å². The Bertz CT molecular complexity index is 1340. The molecule has 0 radical (unpaired) electrons. The van der Waals surface area contributed by atoms with Crippen LogP contribution in [0.4, 0.5) is 0 Å². The van der Waals surface area contributed by atoms with Crippen molar-refractivity contribution in [2.75, 3.05) is 19.8 Å². The maximum Gasteiger partial charge on any atom is 0.350 e. The fourth-order valence-electron chi connectivity index (χ4n) is 5.78. The Morgan fingerprint density at radius 3 is 1.91 bits per heavy atom. The average molecular weight is 626 g/mol. The van der Waals surface area contributed by atoms with E-state index < -0.39 is 43.3 Å². The van der Waals surface area contributed by atoms with Crippen LogP contribution in [0, 0.1) is 0 Å². The molecule has 2 aliphatic rings. The number of hydrogen-bond donors (Lipinski definition) is 1. The van der Waals surface area contributed by atoms with Crippen LogP contribution in [-0.2, 0) is 57.1 Å². The highest BCUT2D eigenvalue weighted by atomic mass is 31.2. The summed E-state index contributed by atoms with van der Waals surface area (Å²) in [7, 11) is -3.79. The number of fused-ring (bicyclic) bond motifs is 1. The lowest BCUT2D eigenvalue weighted by atomic mass is 10.0. The van der Waals surface area contributed by atoms with E-state index in [1.165, 1.54) is 0 Å². The molecule has 2 heterocycles. The molecule has 0 aromatic heterocycles. The molecule has 2 fully saturated rings. The van der Waals surface area contributed by atoms with E-state index in [0.29, 0.717) is 13.2 Å². The van der Waals surface area contributed by atoms with Gasteiger partial charge in [0.25, 0.3) is 0 Å². The van der Waals surface area contributed by atoms with Crippen molar-refractivity contribution in [3.63, 3.8) is 0 Å². The molecule has 3 aromatic carbocycles. The van der Waals surface area contributed by atoms with Gasteiger partial charge in [0.1, 0.15) is 30.7 Å². The largest absolute Gasteiger partial charge is 0.371 e. The summed E-state index contributed by atoms with van der Waals surface area (Å²) >= 11 is 0. The molecule has 9 nitrogen and oxygen atoms in total. The third-order valence-electron chi connectivity index (χ3n) is 7.55. The van der Waals surface area contributed by atoms with Crippen LogP contribution in [0.3, 0.4) is 0 Å². The van der Waals surface area contributed by atoms with Gasteiger partial charge in [0.05, 0.1) is 26.4 Å². The molecule has 0 spiro atoms. The molecule has 0 amide bonds. The fraction of sp³-hybridized carbons (Fsp3) is 0.471. The molecular weight excluding hydrogens is 581 g/mol. The second kappa shape index (κ2) is 14.8. The Hall–Kier alpha value is -2.43. The Balaban J connectivity index is 1.49. The van der Waals surface area contributed by atoms with Gasteiger partial charge in [-0.05, 0) is 44.4 Å². The minimum Gasteiger partial charge on any atom is -0.371 e. The average Bonchev–Trinajstić information content (AvgIpc) is 3.44. The molecule has 238 valence electrons. The third-order valence-corrected chi connectivity index (χ3v) is 9.94. The summed E-state index contributed by atoms with van der Waals surface area (Å²) in [5.41, 5.74) is 3.00.